The van der Waals surface area contributed by atoms with Crippen LogP contribution in [0.1, 0.15) is 29.5 Å². The third kappa shape index (κ3) is 3.43. The van der Waals surface area contributed by atoms with Gasteiger partial charge in [-0.25, -0.2) is 4.98 Å². The number of nitrogens with one attached hydrogen (secondary N) is 1. The van der Waals surface area contributed by atoms with E-state index in [1.165, 1.54) is 5.57 Å². The zero-order chi connectivity index (χ0) is 23.5. The van der Waals surface area contributed by atoms with Gasteiger partial charge in [-0.1, -0.05) is 22.8 Å². The predicted octanol–water partition coefficient (Wildman–Crippen LogP) is 4.80. The Morgan fingerprint density at radius 2 is 2.12 bits per heavy atom. The highest BCUT2D eigenvalue weighted by Gasteiger charge is 2.54. The van der Waals surface area contributed by atoms with Crippen LogP contribution in [-0.2, 0) is 10.6 Å². The van der Waals surface area contributed by atoms with Crippen LogP contribution in [0.4, 0.5) is 0 Å². The number of hydrogen-bond donors (Lipinski definition) is 1. The molecule has 176 valence electrons. The van der Waals surface area contributed by atoms with Crippen molar-refractivity contribution in [3.8, 4) is 11.4 Å². The predicted molar refractivity (Wildman–Crippen MR) is 135 cm³/mol. The first kappa shape index (κ1) is 21.7. The number of imidazole rings is 1. The molecule has 2 saturated heterocycles. The number of methoxy groups -OCH3 is 1. The zero-order valence-corrected chi connectivity index (χ0v) is 20.9. The molecule has 0 amide bonds. The second kappa shape index (κ2) is 7.86. The Labute approximate surface area is 207 Å². The fourth-order valence-corrected chi connectivity index (χ4v) is 6.22. The number of nitrogens with zero attached hydrogens (tertiary/aromatic N) is 4. The van der Waals surface area contributed by atoms with Gasteiger partial charge in [0.15, 0.2) is 5.84 Å². The number of ether oxygens (including phenoxy) is 1. The average molecular weight is 496 g/mol. The molecule has 3 aromatic rings. The summed E-state index contributed by atoms with van der Waals surface area (Å²) in [7, 11) is 1.70. The van der Waals surface area contributed by atoms with E-state index in [1.54, 1.807) is 24.8 Å². The van der Waals surface area contributed by atoms with E-state index in [-0.39, 0.29) is 5.41 Å². The van der Waals surface area contributed by atoms with Gasteiger partial charge in [0, 0.05) is 38.2 Å². The van der Waals surface area contributed by atoms with Gasteiger partial charge in [-0.15, -0.1) is 11.3 Å². The lowest BCUT2D eigenvalue weighted by Gasteiger charge is -2.51. The second-order valence-electron chi connectivity index (χ2n) is 9.48. The lowest BCUT2D eigenvalue weighted by molar-refractivity contribution is -0.104. The molecule has 9 heteroatoms. The number of fused-ring (bicyclic) bond motifs is 1. The van der Waals surface area contributed by atoms with Crippen LogP contribution in [0, 0.1) is 12.3 Å². The summed E-state index contributed by atoms with van der Waals surface area (Å²) in [6, 6.07) is 10.2. The molecule has 7 nitrogen and oxygen atoms in total. The number of hydrogen-bond acceptors (Lipinski definition) is 7. The summed E-state index contributed by atoms with van der Waals surface area (Å²) >= 11 is 7.80. The quantitative estimate of drug-likeness (QED) is 0.563. The normalized spacial score (nSPS) is 24.1. The van der Waals surface area contributed by atoms with Crippen LogP contribution in [0.15, 0.2) is 53.6 Å². The Hall–Kier alpha value is -2.81. The van der Waals surface area contributed by atoms with E-state index in [9.17, 15) is 0 Å². The molecule has 6 rings (SSSR count). The van der Waals surface area contributed by atoms with E-state index in [0.29, 0.717) is 0 Å². The van der Waals surface area contributed by atoms with Gasteiger partial charge < -0.3 is 24.4 Å². The molecule has 2 aromatic heterocycles. The van der Waals surface area contributed by atoms with Gasteiger partial charge in [-0.3, -0.25) is 0 Å². The van der Waals surface area contributed by atoms with Crippen LogP contribution in [0.5, 0.6) is 5.75 Å². The average Bonchev–Trinajstić information content (AvgIpc) is 3.52. The third-order valence-electron chi connectivity index (χ3n) is 6.99. The Balaban J connectivity index is 1.38. The molecular formula is C25H26ClN5O2S. The van der Waals surface area contributed by atoms with Gasteiger partial charge >= 0.3 is 0 Å². The molecule has 2 fully saturated rings. The summed E-state index contributed by atoms with van der Waals surface area (Å²) in [5.74, 6) is 1.69. The summed E-state index contributed by atoms with van der Waals surface area (Å²) < 4.78 is 8.46. The van der Waals surface area contributed by atoms with Crippen LogP contribution < -0.4 is 10.1 Å². The summed E-state index contributed by atoms with van der Waals surface area (Å²) in [6.07, 6.45) is 6.96. The van der Waals surface area contributed by atoms with Gasteiger partial charge in [0.1, 0.15) is 5.75 Å². The van der Waals surface area contributed by atoms with Gasteiger partial charge in [-0.05, 0) is 54.8 Å². The van der Waals surface area contributed by atoms with Crippen LogP contribution in [0.2, 0.25) is 4.34 Å². The molecule has 1 aromatic carbocycles. The minimum atomic E-state index is -0.657. The van der Waals surface area contributed by atoms with E-state index in [4.69, 9.17) is 21.2 Å². The lowest BCUT2D eigenvalue weighted by Crippen LogP contribution is -2.64. The molecule has 3 aliphatic rings. The van der Waals surface area contributed by atoms with E-state index < -0.39 is 5.72 Å². The van der Waals surface area contributed by atoms with Crippen molar-refractivity contribution >= 4 is 34.8 Å². The van der Waals surface area contributed by atoms with Crippen molar-refractivity contribution in [3.63, 3.8) is 0 Å². The number of oxime groups is 1. The maximum atomic E-state index is 6.26. The maximum Gasteiger partial charge on any atom is 0.243 e. The van der Waals surface area contributed by atoms with E-state index >= 15 is 0 Å². The number of halogens is 1. The number of rotatable bonds is 4. The number of piperidine rings is 1. The number of thiophene rings is 1. The molecule has 1 N–H and O–H groups in total. The van der Waals surface area contributed by atoms with Crippen LogP contribution >= 0.6 is 22.9 Å². The fraction of sp³-hybridized carbons (Fsp3) is 0.360. The molecule has 1 unspecified atom stereocenters. The second-order valence-corrected chi connectivity index (χ2v) is 11.2. The lowest BCUT2D eigenvalue weighted by atomic mass is 9.72. The monoisotopic (exact) mass is 495 g/mol. The largest absolute Gasteiger partial charge is 0.495 e. The highest BCUT2D eigenvalue weighted by Crippen LogP contribution is 2.48. The van der Waals surface area contributed by atoms with Crippen molar-refractivity contribution in [2.24, 2.45) is 10.6 Å². The van der Waals surface area contributed by atoms with Crippen LogP contribution in [0.3, 0.4) is 0 Å². The first-order valence-electron chi connectivity index (χ1n) is 11.3. The molecule has 34 heavy (non-hydrogen) atoms. The number of amidine groups is 1. The highest BCUT2D eigenvalue weighted by molar-refractivity contribution is 7.16. The topological polar surface area (TPSA) is 63.9 Å². The molecule has 1 atom stereocenters. The van der Waals surface area contributed by atoms with Gasteiger partial charge in [0.25, 0.3) is 0 Å². The van der Waals surface area contributed by atoms with Crippen molar-refractivity contribution in [3.05, 3.63) is 68.9 Å². The molecule has 0 radical (unpaired) electrons. The smallest absolute Gasteiger partial charge is 0.243 e. The molecule has 0 saturated carbocycles. The molecule has 3 aliphatic heterocycles. The molecular weight excluding hydrogens is 470 g/mol. The number of aryl methyl sites for hydroxylation is 1. The van der Waals surface area contributed by atoms with Crippen molar-refractivity contribution in [2.45, 2.75) is 26.0 Å². The standard InChI is InChI=1S/C25H26ClN5O2S/c1-16-11-30(15-28-16)19-5-4-17(9-20(19)32-3)8-18-10-25(12-27-13-25)14-31-23(18)29-33-24(31,2)21-6-7-22(26)34-21/h4-9,11,15,27H,10,12-14H2,1-3H3/b18-8+. The van der Waals surface area contributed by atoms with E-state index in [1.807, 2.05) is 29.8 Å². The molecule has 0 aliphatic carbocycles. The Bertz CT molecular complexity index is 1320. The summed E-state index contributed by atoms with van der Waals surface area (Å²) in [5.41, 5.74) is 3.66. The molecule has 5 heterocycles. The minimum absolute atomic E-state index is 0.166. The SMILES string of the molecule is COc1cc(/C=C2\CC3(CNC3)CN3C2=NOC3(C)c2ccc(Cl)s2)ccc1-n1cnc(C)c1. The maximum absolute atomic E-state index is 6.26. The van der Waals surface area contributed by atoms with Gasteiger partial charge in [0.05, 0.1) is 34.0 Å². The van der Waals surface area contributed by atoms with Gasteiger partial charge in [0.2, 0.25) is 5.72 Å². The van der Waals surface area contributed by atoms with E-state index in [0.717, 1.165) is 63.8 Å². The zero-order valence-electron chi connectivity index (χ0n) is 19.3. The first-order valence-corrected chi connectivity index (χ1v) is 12.5. The van der Waals surface area contributed by atoms with Crippen molar-refractivity contribution < 1.29 is 9.57 Å². The van der Waals surface area contributed by atoms with Crippen molar-refractivity contribution in [2.75, 3.05) is 26.7 Å². The summed E-state index contributed by atoms with van der Waals surface area (Å²) in [5, 5.41) is 8.05. The molecule has 1 spiro atoms. The van der Waals surface area contributed by atoms with Crippen molar-refractivity contribution in [1.82, 2.24) is 19.8 Å². The van der Waals surface area contributed by atoms with Crippen LogP contribution in [0.25, 0.3) is 11.8 Å². The third-order valence-corrected chi connectivity index (χ3v) is 8.41. The van der Waals surface area contributed by atoms with Crippen LogP contribution in [-0.4, -0.2) is 47.0 Å². The summed E-state index contributed by atoms with van der Waals surface area (Å²) in [6.45, 7) is 6.92. The molecule has 0 bridgehead atoms. The highest BCUT2D eigenvalue weighted by atomic mass is 35.5. The Morgan fingerprint density at radius 1 is 1.26 bits per heavy atom. The number of benzene rings is 1. The van der Waals surface area contributed by atoms with Gasteiger partial charge in [-0.2, -0.15) is 0 Å². The Morgan fingerprint density at radius 3 is 2.76 bits per heavy atom. The fourth-order valence-electron chi connectivity index (χ4n) is 5.09. The van der Waals surface area contributed by atoms with Crippen molar-refractivity contribution in [1.29, 1.82) is 0 Å². The minimum Gasteiger partial charge on any atom is -0.495 e. The van der Waals surface area contributed by atoms with E-state index in [2.05, 4.69) is 51.6 Å². The first-order chi connectivity index (χ1) is 16.4. The Kier molecular flexibility index (Phi) is 5.02. The summed E-state index contributed by atoms with van der Waals surface area (Å²) in [4.78, 5) is 13.8. The number of aromatic nitrogens is 2.